The zero-order valence-electron chi connectivity index (χ0n) is 12.7. The van der Waals surface area contributed by atoms with E-state index >= 15 is 0 Å². The molecule has 0 aromatic carbocycles. The van der Waals surface area contributed by atoms with Gasteiger partial charge < -0.3 is 10.1 Å². The first-order chi connectivity index (χ1) is 8.69. The highest BCUT2D eigenvalue weighted by Crippen LogP contribution is 2.28. The van der Waals surface area contributed by atoms with Gasteiger partial charge in [0.2, 0.25) is 0 Å². The number of ether oxygens (including phenoxy) is 1. The highest BCUT2D eigenvalue weighted by Gasteiger charge is 2.26. The lowest BCUT2D eigenvalue weighted by Crippen LogP contribution is -2.38. The van der Waals surface area contributed by atoms with Gasteiger partial charge in [0.05, 0.1) is 6.61 Å². The minimum Gasteiger partial charge on any atom is -0.383 e. The van der Waals surface area contributed by atoms with Gasteiger partial charge in [0.1, 0.15) is 0 Å². The van der Waals surface area contributed by atoms with Gasteiger partial charge in [0.15, 0.2) is 0 Å². The lowest BCUT2D eigenvalue weighted by Gasteiger charge is -2.29. The molecule has 0 amide bonds. The molecule has 1 fully saturated rings. The van der Waals surface area contributed by atoms with Crippen molar-refractivity contribution in [2.24, 2.45) is 5.92 Å². The van der Waals surface area contributed by atoms with Crippen molar-refractivity contribution < 1.29 is 4.74 Å². The van der Waals surface area contributed by atoms with Crippen molar-refractivity contribution in [3.05, 3.63) is 0 Å². The van der Waals surface area contributed by atoms with E-state index in [1.165, 1.54) is 32.2 Å². The van der Waals surface area contributed by atoms with Gasteiger partial charge in [-0.1, -0.05) is 13.3 Å². The fraction of sp³-hybridized carbons (Fsp3) is 1.00. The largest absolute Gasteiger partial charge is 0.383 e. The molecule has 1 N–H and O–H groups in total. The molecule has 3 nitrogen and oxygen atoms in total. The maximum absolute atomic E-state index is 5.20. The van der Waals surface area contributed by atoms with Crippen molar-refractivity contribution in [2.45, 2.75) is 58.5 Å². The molecular weight excluding hydrogens is 224 g/mol. The number of hydrogen-bond donors (Lipinski definition) is 1. The SMILES string of the molecule is CCNC1CCCC1CCN(CCOC)C(C)C. The van der Waals surface area contributed by atoms with Crippen LogP contribution in [0.4, 0.5) is 0 Å². The average Bonchev–Trinajstić information content (AvgIpc) is 2.77. The molecule has 1 aliphatic carbocycles. The molecule has 0 saturated heterocycles. The van der Waals surface area contributed by atoms with E-state index < -0.39 is 0 Å². The second-order valence-corrected chi connectivity index (χ2v) is 5.77. The maximum Gasteiger partial charge on any atom is 0.0589 e. The summed E-state index contributed by atoms with van der Waals surface area (Å²) in [5.41, 5.74) is 0. The summed E-state index contributed by atoms with van der Waals surface area (Å²) in [6.45, 7) is 11.0. The Kier molecular flexibility index (Phi) is 7.87. The second kappa shape index (κ2) is 8.89. The molecule has 0 spiro atoms. The molecule has 2 unspecified atom stereocenters. The van der Waals surface area contributed by atoms with Crippen LogP contribution in [0.1, 0.15) is 46.5 Å². The Morgan fingerprint density at radius 2 is 2.06 bits per heavy atom. The number of nitrogens with one attached hydrogen (secondary N) is 1. The standard InChI is InChI=1S/C15H32N2O/c1-5-16-15-8-6-7-14(15)9-10-17(13(2)3)11-12-18-4/h13-16H,5-12H2,1-4H3. The van der Waals surface area contributed by atoms with E-state index in [2.05, 4.69) is 31.0 Å². The van der Waals surface area contributed by atoms with E-state index in [4.69, 9.17) is 4.74 Å². The molecule has 1 aliphatic rings. The molecule has 0 aliphatic heterocycles. The van der Waals surface area contributed by atoms with E-state index in [9.17, 15) is 0 Å². The first-order valence-corrected chi connectivity index (χ1v) is 7.65. The summed E-state index contributed by atoms with van der Waals surface area (Å²) in [6.07, 6.45) is 5.52. The summed E-state index contributed by atoms with van der Waals surface area (Å²) in [7, 11) is 1.79. The van der Waals surface area contributed by atoms with Crippen LogP contribution < -0.4 is 5.32 Å². The summed E-state index contributed by atoms with van der Waals surface area (Å²) in [5, 5.41) is 3.65. The molecule has 1 rings (SSSR count). The predicted molar refractivity (Wildman–Crippen MR) is 78.0 cm³/mol. The Morgan fingerprint density at radius 1 is 1.28 bits per heavy atom. The van der Waals surface area contributed by atoms with Gasteiger partial charge in [-0.05, 0) is 52.1 Å². The van der Waals surface area contributed by atoms with Crippen molar-refractivity contribution in [2.75, 3.05) is 33.4 Å². The molecule has 0 heterocycles. The lowest BCUT2D eigenvalue weighted by atomic mass is 9.99. The zero-order chi connectivity index (χ0) is 13.4. The third-order valence-corrected chi connectivity index (χ3v) is 4.23. The molecule has 108 valence electrons. The molecule has 3 heteroatoms. The van der Waals surface area contributed by atoms with Crippen molar-refractivity contribution >= 4 is 0 Å². The molecule has 18 heavy (non-hydrogen) atoms. The fourth-order valence-electron chi connectivity index (χ4n) is 3.08. The summed E-state index contributed by atoms with van der Waals surface area (Å²) < 4.78 is 5.20. The van der Waals surface area contributed by atoms with Crippen molar-refractivity contribution in [1.82, 2.24) is 10.2 Å². The molecule has 1 saturated carbocycles. The molecule has 2 atom stereocenters. The molecule has 0 aromatic heterocycles. The van der Waals surface area contributed by atoms with Crippen LogP contribution in [0.5, 0.6) is 0 Å². The summed E-state index contributed by atoms with van der Waals surface area (Å²) in [5.74, 6) is 0.883. The first-order valence-electron chi connectivity index (χ1n) is 7.65. The van der Waals surface area contributed by atoms with Crippen LogP contribution in [0.2, 0.25) is 0 Å². The van der Waals surface area contributed by atoms with E-state index in [-0.39, 0.29) is 0 Å². The Bertz CT molecular complexity index is 207. The van der Waals surface area contributed by atoms with E-state index in [1.807, 2.05) is 0 Å². The van der Waals surface area contributed by atoms with E-state index in [0.717, 1.165) is 31.7 Å². The van der Waals surface area contributed by atoms with Crippen LogP contribution in [-0.2, 0) is 4.74 Å². The molecular formula is C15H32N2O. The van der Waals surface area contributed by atoms with Gasteiger partial charge in [-0.3, -0.25) is 4.90 Å². The van der Waals surface area contributed by atoms with Gasteiger partial charge in [0, 0.05) is 25.7 Å². The van der Waals surface area contributed by atoms with E-state index in [1.54, 1.807) is 7.11 Å². The Morgan fingerprint density at radius 3 is 2.67 bits per heavy atom. The number of hydrogen-bond acceptors (Lipinski definition) is 3. The number of methoxy groups -OCH3 is 1. The fourth-order valence-corrected chi connectivity index (χ4v) is 3.08. The zero-order valence-corrected chi connectivity index (χ0v) is 12.7. The Hall–Kier alpha value is -0.120. The van der Waals surface area contributed by atoms with Gasteiger partial charge in [-0.25, -0.2) is 0 Å². The second-order valence-electron chi connectivity index (χ2n) is 5.77. The summed E-state index contributed by atoms with van der Waals surface area (Å²) >= 11 is 0. The van der Waals surface area contributed by atoms with Gasteiger partial charge in [-0.2, -0.15) is 0 Å². The first kappa shape index (κ1) is 15.9. The van der Waals surface area contributed by atoms with Crippen LogP contribution in [0.15, 0.2) is 0 Å². The summed E-state index contributed by atoms with van der Waals surface area (Å²) in [6, 6.07) is 1.39. The van der Waals surface area contributed by atoms with Crippen LogP contribution in [0, 0.1) is 5.92 Å². The van der Waals surface area contributed by atoms with Crippen molar-refractivity contribution in [3.63, 3.8) is 0 Å². The van der Waals surface area contributed by atoms with Crippen molar-refractivity contribution in [3.8, 4) is 0 Å². The Balaban J connectivity index is 2.31. The predicted octanol–water partition coefficient (Wildman–Crippen LogP) is 2.51. The van der Waals surface area contributed by atoms with Crippen LogP contribution in [0.3, 0.4) is 0 Å². The third kappa shape index (κ3) is 5.25. The monoisotopic (exact) mass is 256 g/mol. The van der Waals surface area contributed by atoms with Gasteiger partial charge in [0.25, 0.3) is 0 Å². The Labute approximate surface area is 113 Å². The summed E-state index contributed by atoms with van der Waals surface area (Å²) in [4.78, 5) is 2.55. The highest BCUT2D eigenvalue weighted by atomic mass is 16.5. The van der Waals surface area contributed by atoms with Crippen LogP contribution in [0.25, 0.3) is 0 Å². The topological polar surface area (TPSA) is 24.5 Å². The van der Waals surface area contributed by atoms with Crippen molar-refractivity contribution in [1.29, 1.82) is 0 Å². The average molecular weight is 256 g/mol. The van der Waals surface area contributed by atoms with Gasteiger partial charge >= 0.3 is 0 Å². The quantitative estimate of drug-likeness (QED) is 0.686. The maximum atomic E-state index is 5.20. The molecule has 0 radical (unpaired) electrons. The smallest absolute Gasteiger partial charge is 0.0589 e. The number of nitrogens with zero attached hydrogens (tertiary/aromatic N) is 1. The number of rotatable bonds is 9. The van der Waals surface area contributed by atoms with Crippen LogP contribution in [-0.4, -0.2) is 50.3 Å². The third-order valence-electron chi connectivity index (χ3n) is 4.23. The highest BCUT2D eigenvalue weighted by molar-refractivity contribution is 4.83. The minimum atomic E-state index is 0.624. The minimum absolute atomic E-state index is 0.624. The lowest BCUT2D eigenvalue weighted by molar-refractivity contribution is 0.123. The van der Waals surface area contributed by atoms with Gasteiger partial charge in [-0.15, -0.1) is 0 Å². The molecule has 0 bridgehead atoms. The van der Waals surface area contributed by atoms with E-state index in [0.29, 0.717) is 6.04 Å². The van der Waals surface area contributed by atoms with Crippen LogP contribution >= 0.6 is 0 Å². The normalized spacial score (nSPS) is 24.3. The molecule has 0 aromatic rings.